The van der Waals surface area contributed by atoms with E-state index in [9.17, 15) is 65.4 Å². The first-order valence-electron chi connectivity index (χ1n) is 16.2. The predicted octanol–water partition coefficient (Wildman–Crippen LogP) is -6.35. The van der Waals surface area contributed by atoms with E-state index in [4.69, 9.17) is 34.0 Å². The number of nitrogens with zero attached hydrogens (tertiary/aromatic N) is 3. The molecule has 0 aromatic heterocycles. The molecule has 52 heavy (non-hydrogen) atoms. The van der Waals surface area contributed by atoms with E-state index in [1.807, 2.05) is 0 Å². The lowest BCUT2D eigenvalue weighted by molar-refractivity contribution is -0.381. The van der Waals surface area contributed by atoms with Crippen LogP contribution < -0.4 is 10.6 Å². The molecule has 298 valence electrons. The van der Waals surface area contributed by atoms with E-state index < -0.39 is 142 Å². The van der Waals surface area contributed by atoms with Crippen LogP contribution in [0.3, 0.4) is 0 Å². The molecule has 3 heterocycles. The molecule has 0 bridgehead atoms. The van der Waals surface area contributed by atoms with Gasteiger partial charge in [0.25, 0.3) is 5.79 Å². The number of rotatable bonds is 17. The summed E-state index contributed by atoms with van der Waals surface area (Å²) in [6, 6.07) is -2.96. The number of azide groups is 1. The van der Waals surface area contributed by atoms with E-state index in [2.05, 4.69) is 20.7 Å². The summed E-state index contributed by atoms with van der Waals surface area (Å²) in [4.78, 5) is 39.5. The van der Waals surface area contributed by atoms with Crippen molar-refractivity contribution in [3.8, 4) is 0 Å². The SMILES string of the molecule is CC(=O)N[C@H]1[C@@H](OCCCN=[N+]=[N-])O[C@H](CO)[C@@H](O)[C@@H]1O[C@@H]1O[C@H](CO)[C@H](O)[C@H](O[C@]2(C(=O)O)C[C@H](O)[C@@H](NC(C)=O)[C@H]([C@H](O)[C@H](O)CO)O2)[C@H]1O. The van der Waals surface area contributed by atoms with Crippen LogP contribution in [0.2, 0.25) is 0 Å². The minimum absolute atomic E-state index is 0.0303. The second-order valence-electron chi connectivity index (χ2n) is 12.4. The van der Waals surface area contributed by atoms with Gasteiger partial charge in [-0.2, -0.15) is 0 Å². The Morgan fingerprint density at radius 1 is 0.923 bits per heavy atom. The van der Waals surface area contributed by atoms with Crippen LogP contribution in [-0.2, 0) is 42.8 Å². The summed E-state index contributed by atoms with van der Waals surface area (Å²) in [5.74, 6) is -6.47. The van der Waals surface area contributed by atoms with Crippen LogP contribution >= 0.6 is 0 Å². The molecule has 0 saturated carbocycles. The number of carboxylic acids is 1. The smallest absolute Gasteiger partial charge is 0.364 e. The van der Waals surface area contributed by atoms with Crippen LogP contribution in [0.1, 0.15) is 26.7 Å². The van der Waals surface area contributed by atoms with Gasteiger partial charge in [0.05, 0.1) is 32.0 Å². The van der Waals surface area contributed by atoms with Gasteiger partial charge in [0, 0.05) is 38.3 Å². The molecular weight excluding hydrogens is 710 g/mol. The molecule has 3 fully saturated rings. The van der Waals surface area contributed by atoms with Gasteiger partial charge in [-0.3, -0.25) is 9.59 Å². The molecule has 0 aromatic carbocycles. The fourth-order valence-corrected chi connectivity index (χ4v) is 6.07. The van der Waals surface area contributed by atoms with Crippen LogP contribution in [0.4, 0.5) is 0 Å². The summed E-state index contributed by atoms with van der Waals surface area (Å²) in [7, 11) is 0. The zero-order valence-corrected chi connectivity index (χ0v) is 28.1. The van der Waals surface area contributed by atoms with Crippen molar-refractivity contribution < 1.29 is 93.9 Å². The molecule has 3 saturated heterocycles. The largest absolute Gasteiger partial charge is 0.477 e. The molecule has 2 amide bonds. The zero-order valence-electron chi connectivity index (χ0n) is 28.1. The van der Waals surface area contributed by atoms with Gasteiger partial charge in [-0.15, -0.1) is 0 Å². The lowest BCUT2D eigenvalue weighted by atomic mass is 9.88. The van der Waals surface area contributed by atoms with Crippen molar-refractivity contribution in [2.75, 3.05) is 33.0 Å². The van der Waals surface area contributed by atoms with Gasteiger partial charge in [-0.1, -0.05) is 5.11 Å². The third-order valence-electron chi connectivity index (χ3n) is 8.60. The Balaban J connectivity index is 1.97. The lowest BCUT2D eigenvalue weighted by Crippen LogP contribution is -2.71. The fraction of sp³-hybridized carbons (Fsp3) is 0.893. The van der Waals surface area contributed by atoms with E-state index >= 15 is 0 Å². The average molecular weight is 758 g/mol. The highest BCUT2D eigenvalue weighted by Crippen LogP contribution is 2.38. The van der Waals surface area contributed by atoms with Crippen LogP contribution in [0, 0.1) is 0 Å². The van der Waals surface area contributed by atoms with E-state index in [0.717, 1.165) is 13.8 Å². The van der Waals surface area contributed by atoms with Gasteiger partial charge in [0.15, 0.2) is 12.6 Å². The van der Waals surface area contributed by atoms with Crippen molar-refractivity contribution in [1.82, 2.24) is 10.6 Å². The molecule has 3 aliphatic rings. The highest BCUT2D eigenvalue weighted by Gasteiger charge is 2.60. The first-order valence-corrected chi connectivity index (χ1v) is 16.2. The Morgan fingerprint density at radius 2 is 1.50 bits per heavy atom. The second-order valence-corrected chi connectivity index (χ2v) is 12.4. The Labute approximate surface area is 295 Å². The minimum atomic E-state index is -3.06. The van der Waals surface area contributed by atoms with Gasteiger partial charge in [-0.25, -0.2) is 4.79 Å². The summed E-state index contributed by atoms with van der Waals surface area (Å²) in [6.45, 7) is -0.783. The standard InChI is InChI=1S/C28H47N5O19/c1-10(37)31-16-12(39)6-28(27(45)46,51-23(16)18(41)13(40)7-34)52-24-20(43)15(9-36)49-26(21(24)44)50-22-17(32-11(2)38)25(47-5-3-4-30-33-29)48-14(8-35)19(22)42/h12-26,34-36,39-44H,3-9H2,1-2H3,(H,31,37)(H,32,38)(H,45,46)/t12-,13+,14+,15+,16+,17+,18+,19+,20-,21+,22+,23+,24-,25-,26-,28-/m0/s1. The zero-order chi connectivity index (χ0) is 38.9. The highest BCUT2D eigenvalue weighted by atomic mass is 16.8. The van der Waals surface area contributed by atoms with Crippen molar-refractivity contribution in [3.63, 3.8) is 0 Å². The number of aliphatic hydroxyl groups is 9. The molecular formula is C28H47N5O19. The third-order valence-corrected chi connectivity index (χ3v) is 8.60. The number of nitrogens with one attached hydrogen (secondary N) is 2. The molecule has 0 radical (unpaired) electrons. The number of amides is 2. The Hall–Kier alpha value is -2.88. The monoisotopic (exact) mass is 757 g/mol. The minimum Gasteiger partial charge on any atom is -0.477 e. The number of carboxylic acid groups (broad SMARTS) is 1. The number of carbonyl (C=O) groups is 3. The highest BCUT2D eigenvalue weighted by molar-refractivity contribution is 5.76. The van der Waals surface area contributed by atoms with Gasteiger partial charge in [0.1, 0.15) is 67.1 Å². The average Bonchev–Trinajstić information content (AvgIpc) is 3.09. The van der Waals surface area contributed by atoms with Crippen LogP contribution in [0.5, 0.6) is 0 Å². The molecule has 0 aliphatic carbocycles. The molecule has 24 heteroatoms. The summed E-state index contributed by atoms with van der Waals surface area (Å²) in [5, 5.41) is 113. The van der Waals surface area contributed by atoms with E-state index in [1.54, 1.807) is 0 Å². The Morgan fingerprint density at radius 3 is 2.04 bits per heavy atom. The number of carbonyl (C=O) groups excluding carboxylic acids is 2. The third kappa shape index (κ3) is 10.2. The molecule has 3 aliphatic heterocycles. The quantitative estimate of drug-likeness (QED) is 0.0284. The molecule has 24 nitrogen and oxygen atoms in total. The maximum atomic E-state index is 12.8. The van der Waals surface area contributed by atoms with Gasteiger partial charge in [0.2, 0.25) is 11.8 Å². The molecule has 0 aromatic rings. The van der Waals surface area contributed by atoms with Crippen molar-refractivity contribution >= 4 is 17.8 Å². The van der Waals surface area contributed by atoms with E-state index in [-0.39, 0.29) is 19.6 Å². The molecule has 12 N–H and O–H groups in total. The van der Waals surface area contributed by atoms with Crippen molar-refractivity contribution in [1.29, 1.82) is 0 Å². The first-order chi connectivity index (χ1) is 24.5. The second kappa shape index (κ2) is 19.4. The Bertz CT molecular complexity index is 1250. The van der Waals surface area contributed by atoms with Gasteiger partial charge < -0.3 is 90.1 Å². The first kappa shape index (κ1) is 43.5. The maximum Gasteiger partial charge on any atom is 0.364 e. The topological polar surface area (TPSA) is 382 Å². The van der Waals surface area contributed by atoms with Crippen LogP contribution in [0.15, 0.2) is 5.11 Å². The fourth-order valence-electron chi connectivity index (χ4n) is 6.07. The number of hydrogen-bond donors (Lipinski definition) is 12. The summed E-state index contributed by atoms with van der Waals surface area (Å²) in [5.41, 5.74) is 8.49. The van der Waals surface area contributed by atoms with Gasteiger partial charge >= 0.3 is 5.97 Å². The summed E-state index contributed by atoms with van der Waals surface area (Å²) < 4.78 is 34.0. The molecule has 0 unspecified atom stereocenters. The predicted molar refractivity (Wildman–Crippen MR) is 164 cm³/mol. The van der Waals surface area contributed by atoms with Crippen LogP contribution in [-0.4, -0.2) is 199 Å². The summed E-state index contributed by atoms with van der Waals surface area (Å²) >= 11 is 0. The van der Waals surface area contributed by atoms with Crippen molar-refractivity contribution in [3.05, 3.63) is 10.4 Å². The number of hydrogen-bond acceptors (Lipinski definition) is 19. The van der Waals surface area contributed by atoms with E-state index in [1.165, 1.54) is 0 Å². The van der Waals surface area contributed by atoms with E-state index in [0.29, 0.717) is 0 Å². The van der Waals surface area contributed by atoms with Gasteiger partial charge in [-0.05, 0) is 12.0 Å². The Kier molecular flexibility index (Phi) is 16.3. The lowest BCUT2D eigenvalue weighted by Gasteiger charge is -2.51. The number of aliphatic carboxylic acids is 1. The van der Waals surface area contributed by atoms with Crippen molar-refractivity contribution in [2.45, 2.75) is 124 Å². The molecule has 3 rings (SSSR count). The van der Waals surface area contributed by atoms with Crippen molar-refractivity contribution in [2.24, 2.45) is 5.11 Å². The summed E-state index contributed by atoms with van der Waals surface area (Å²) in [6.07, 6.45) is -25.2. The van der Waals surface area contributed by atoms with Crippen LogP contribution in [0.25, 0.3) is 10.4 Å². The normalized spacial score (nSPS) is 39.1. The molecule has 16 atom stereocenters. The molecule has 0 spiro atoms. The number of ether oxygens (including phenoxy) is 6. The number of aliphatic hydroxyl groups excluding tert-OH is 9. The maximum absolute atomic E-state index is 12.8.